The summed E-state index contributed by atoms with van der Waals surface area (Å²) >= 11 is 5.93. The van der Waals surface area contributed by atoms with Crippen molar-refractivity contribution in [3.63, 3.8) is 0 Å². The Morgan fingerprint density at radius 1 is 1.00 bits per heavy atom. The lowest BCUT2D eigenvalue weighted by Gasteiger charge is -2.14. The minimum Gasteiger partial charge on any atom is -0.353 e. The number of nitrogens with one attached hydrogen (secondary N) is 1. The van der Waals surface area contributed by atoms with Crippen LogP contribution in [0.15, 0.2) is 53.5 Å². The number of H-pyrrole nitrogens is 1. The van der Waals surface area contributed by atoms with Gasteiger partial charge in [0.25, 0.3) is 0 Å². The molecule has 0 atom stereocenters. The Kier molecular flexibility index (Phi) is 3.92. The van der Waals surface area contributed by atoms with Gasteiger partial charge in [-0.25, -0.2) is 0 Å². The number of aromatic amines is 1. The monoisotopic (exact) mass is 322 g/mol. The Balaban J connectivity index is 1.57. The molecule has 1 aromatic heterocycles. The van der Waals surface area contributed by atoms with Gasteiger partial charge < -0.3 is 4.98 Å². The molecular weight excluding hydrogens is 304 g/mol. The number of benzene rings is 2. The van der Waals surface area contributed by atoms with E-state index < -0.39 is 0 Å². The Bertz CT molecular complexity index is 859. The van der Waals surface area contributed by atoms with Gasteiger partial charge >= 0.3 is 0 Å². The zero-order valence-electron chi connectivity index (χ0n) is 13.0. The van der Waals surface area contributed by atoms with Crippen LogP contribution in [0.2, 0.25) is 5.02 Å². The van der Waals surface area contributed by atoms with Gasteiger partial charge in [0.15, 0.2) is 0 Å². The normalized spacial score (nSPS) is 16.0. The highest BCUT2D eigenvalue weighted by molar-refractivity contribution is 6.30. The Morgan fingerprint density at radius 2 is 1.83 bits per heavy atom. The van der Waals surface area contributed by atoms with Gasteiger partial charge in [0, 0.05) is 22.5 Å². The number of hydrogen-bond acceptors (Lipinski definition) is 1. The molecule has 3 aromatic rings. The van der Waals surface area contributed by atoms with Crippen LogP contribution in [0.4, 0.5) is 0 Å². The molecule has 1 N–H and O–H groups in total. The molecule has 2 aromatic carbocycles. The molecule has 3 heteroatoms. The first-order chi connectivity index (χ1) is 11.3. The van der Waals surface area contributed by atoms with Crippen LogP contribution in [0.5, 0.6) is 0 Å². The fraction of sp³-hybridized carbons (Fsp3) is 0.250. The van der Waals surface area contributed by atoms with E-state index in [1.807, 2.05) is 12.1 Å². The number of hydrogen-bond donors (Lipinski definition) is 1. The van der Waals surface area contributed by atoms with E-state index in [2.05, 4.69) is 41.4 Å². The van der Waals surface area contributed by atoms with Crippen LogP contribution in [0.25, 0.3) is 10.9 Å². The van der Waals surface area contributed by atoms with Gasteiger partial charge in [0.1, 0.15) is 0 Å². The van der Waals surface area contributed by atoms with Crippen molar-refractivity contribution in [1.82, 2.24) is 4.98 Å². The first-order valence-corrected chi connectivity index (χ1v) is 8.57. The largest absolute Gasteiger partial charge is 0.353 e. The predicted octanol–water partition coefficient (Wildman–Crippen LogP) is 5.19. The van der Waals surface area contributed by atoms with Gasteiger partial charge in [-0.15, -0.1) is 0 Å². The molecule has 0 bridgehead atoms. The molecule has 0 spiro atoms. The van der Waals surface area contributed by atoms with Crippen molar-refractivity contribution in [2.45, 2.75) is 25.7 Å². The van der Waals surface area contributed by atoms with E-state index >= 15 is 0 Å². The van der Waals surface area contributed by atoms with Crippen molar-refractivity contribution in [1.29, 1.82) is 0 Å². The van der Waals surface area contributed by atoms with E-state index in [9.17, 15) is 0 Å². The van der Waals surface area contributed by atoms with Crippen LogP contribution >= 0.6 is 11.6 Å². The number of aliphatic imine (C=N–C) groups is 1. The van der Waals surface area contributed by atoms with Crippen LogP contribution in [-0.4, -0.2) is 17.2 Å². The van der Waals surface area contributed by atoms with Crippen molar-refractivity contribution >= 4 is 28.2 Å². The smallest absolute Gasteiger partial charge is 0.0637 e. The number of nitrogens with zero attached hydrogens (tertiary/aromatic N) is 1. The Labute approximate surface area is 141 Å². The van der Waals surface area contributed by atoms with E-state index in [4.69, 9.17) is 16.6 Å². The van der Waals surface area contributed by atoms with Crippen LogP contribution in [0, 0.1) is 0 Å². The molecule has 2 nitrogen and oxygen atoms in total. The molecule has 116 valence electrons. The molecule has 0 saturated heterocycles. The molecule has 0 radical (unpaired) electrons. The number of para-hydroxylation sites is 1. The highest BCUT2D eigenvalue weighted by Gasteiger charge is 2.19. The summed E-state index contributed by atoms with van der Waals surface area (Å²) in [6.07, 6.45) is 4.36. The van der Waals surface area contributed by atoms with Crippen molar-refractivity contribution in [2.24, 2.45) is 4.99 Å². The summed E-state index contributed by atoms with van der Waals surface area (Å²) in [5.74, 6) is 0. The van der Waals surface area contributed by atoms with E-state index in [1.165, 1.54) is 39.9 Å². The van der Waals surface area contributed by atoms with E-state index in [1.54, 1.807) is 0 Å². The standard InChI is InChI=1S/C20H19ClN2/c21-15-10-8-14(9-11-15)12-13-22-19-7-3-5-17-16-4-1-2-6-18(16)23-20(17)19/h1-2,4,6,8-11,23H,3,5,7,12-13H2/b22-19+. The van der Waals surface area contributed by atoms with Crippen molar-refractivity contribution in [3.05, 3.63) is 70.4 Å². The summed E-state index contributed by atoms with van der Waals surface area (Å²) in [5, 5.41) is 2.14. The number of rotatable bonds is 3. The fourth-order valence-corrected chi connectivity index (χ4v) is 3.52. The second-order valence-corrected chi connectivity index (χ2v) is 6.52. The summed E-state index contributed by atoms with van der Waals surface area (Å²) in [5.41, 5.74) is 6.44. The highest BCUT2D eigenvalue weighted by Crippen LogP contribution is 2.29. The maximum absolute atomic E-state index is 5.93. The number of fused-ring (bicyclic) bond motifs is 3. The Morgan fingerprint density at radius 3 is 2.70 bits per heavy atom. The third kappa shape index (κ3) is 2.91. The maximum Gasteiger partial charge on any atom is 0.0637 e. The summed E-state index contributed by atoms with van der Waals surface area (Å²) in [7, 11) is 0. The quantitative estimate of drug-likeness (QED) is 0.687. The predicted molar refractivity (Wildman–Crippen MR) is 97.8 cm³/mol. The molecule has 1 aliphatic rings. The maximum atomic E-state index is 5.93. The summed E-state index contributed by atoms with van der Waals surface area (Å²) in [4.78, 5) is 8.46. The first-order valence-electron chi connectivity index (χ1n) is 8.19. The third-order valence-electron chi connectivity index (χ3n) is 4.56. The first kappa shape index (κ1) is 14.5. The van der Waals surface area contributed by atoms with Crippen molar-refractivity contribution in [3.8, 4) is 0 Å². The SMILES string of the molecule is Clc1ccc(CC/N=C2\CCCc3c2[nH]c2ccccc32)cc1. The summed E-state index contributed by atoms with van der Waals surface area (Å²) in [6, 6.07) is 16.6. The minimum absolute atomic E-state index is 0.787. The van der Waals surface area contributed by atoms with Gasteiger partial charge in [-0.05, 0) is 55.0 Å². The van der Waals surface area contributed by atoms with Gasteiger partial charge in [0.05, 0.1) is 11.4 Å². The van der Waals surface area contributed by atoms with E-state index in [-0.39, 0.29) is 0 Å². The molecule has 0 amide bonds. The van der Waals surface area contributed by atoms with E-state index in [0.717, 1.165) is 30.8 Å². The Hall–Kier alpha value is -2.06. The third-order valence-corrected chi connectivity index (χ3v) is 4.81. The van der Waals surface area contributed by atoms with Crippen molar-refractivity contribution in [2.75, 3.05) is 6.54 Å². The lowest BCUT2D eigenvalue weighted by atomic mass is 9.94. The summed E-state index contributed by atoms with van der Waals surface area (Å²) < 4.78 is 0. The van der Waals surface area contributed by atoms with Crippen LogP contribution in [-0.2, 0) is 12.8 Å². The zero-order valence-corrected chi connectivity index (χ0v) is 13.7. The zero-order chi connectivity index (χ0) is 15.6. The van der Waals surface area contributed by atoms with Crippen LogP contribution in [0.1, 0.15) is 29.7 Å². The molecule has 23 heavy (non-hydrogen) atoms. The summed E-state index contributed by atoms with van der Waals surface area (Å²) in [6.45, 7) is 0.825. The van der Waals surface area contributed by atoms with Crippen LogP contribution in [0.3, 0.4) is 0 Å². The minimum atomic E-state index is 0.787. The van der Waals surface area contributed by atoms with Gasteiger partial charge in [0.2, 0.25) is 0 Å². The molecule has 0 fully saturated rings. The second kappa shape index (κ2) is 6.21. The highest BCUT2D eigenvalue weighted by atomic mass is 35.5. The number of aromatic nitrogens is 1. The molecule has 4 rings (SSSR count). The molecule has 0 aliphatic heterocycles. The fourth-order valence-electron chi connectivity index (χ4n) is 3.39. The molecule has 0 saturated carbocycles. The average molecular weight is 323 g/mol. The topological polar surface area (TPSA) is 28.1 Å². The molecular formula is C20H19ClN2. The molecule has 0 unspecified atom stereocenters. The van der Waals surface area contributed by atoms with Gasteiger partial charge in [-0.2, -0.15) is 0 Å². The van der Waals surface area contributed by atoms with Gasteiger partial charge in [-0.3, -0.25) is 4.99 Å². The van der Waals surface area contributed by atoms with Gasteiger partial charge in [-0.1, -0.05) is 41.9 Å². The second-order valence-electron chi connectivity index (χ2n) is 6.08. The lowest BCUT2D eigenvalue weighted by Crippen LogP contribution is -2.12. The van der Waals surface area contributed by atoms with Crippen LogP contribution < -0.4 is 0 Å². The number of halogens is 1. The molecule has 1 aliphatic carbocycles. The lowest BCUT2D eigenvalue weighted by molar-refractivity contribution is 0.830. The number of aryl methyl sites for hydroxylation is 1. The molecule has 1 heterocycles. The van der Waals surface area contributed by atoms with Crippen molar-refractivity contribution < 1.29 is 0 Å². The van der Waals surface area contributed by atoms with E-state index in [0.29, 0.717) is 0 Å². The average Bonchev–Trinajstić information content (AvgIpc) is 2.96.